The molecule has 1 aliphatic carbocycles. The van der Waals surface area contributed by atoms with Crippen LogP contribution in [-0.2, 0) is 19.1 Å². The lowest BCUT2D eigenvalue weighted by Crippen LogP contribution is -2.44. The van der Waals surface area contributed by atoms with Gasteiger partial charge in [0.15, 0.2) is 6.10 Å². The highest BCUT2D eigenvalue weighted by Crippen LogP contribution is 2.37. The molecular formula is C40H48N8O6. The number of H-pyrrole nitrogens is 2. The first kappa shape index (κ1) is 36.7. The van der Waals surface area contributed by atoms with Crippen molar-refractivity contribution in [3.8, 4) is 33.6 Å². The summed E-state index contributed by atoms with van der Waals surface area (Å²) in [6, 6.07) is 16.2. The molecule has 5 N–H and O–H groups in total. The standard InChI is InChI=1S/C40H48N8O6/c1-23(2)34(54-39(41)51)38(50)48-19-5-7-33(48)36-43-22-31(46-36)27-14-10-25(11-15-27)24-8-12-26(13-9-24)30-21-42-35(45-30)32-6-4-18-47(32)37(49)28-16-17-29(20-28)44-40(52)53-3/h8-15,21-23,28-29,32-34H,4-7,16-20H2,1-3H3,(H2,41,51)(H,42,45)(H,43,46)(H,44,52)/t28-,29+,32+,33+,34+/m1/s1. The number of benzene rings is 2. The Morgan fingerprint density at radius 3 is 1.81 bits per heavy atom. The van der Waals surface area contributed by atoms with Gasteiger partial charge in [-0.1, -0.05) is 62.4 Å². The Morgan fingerprint density at radius 2 is 1.30 bits per heavy atom. The zero-order valence-electron chi connectivity index (χ0n) is 30.9. The van der Waals surface area contributed by atoms with E-state index in [2.05, 4.69) is 56.7 Å². The molecule has 0 bridgehead atoms. The maximum Gasteiger partial charge on any atom is 0.407 e. The third-order valence-corrected chi connectivity index (χ3v) is 11.0. The van der Waals surface area contributed by atoms with Crippen LogP contribution < -0.4 is 11.1 Å². The molecule has 14 heteroatoms. The number of aromatic nitrogens is 4. The van der Waals surface area contributed by atoms with Gasteiger partial charge in [-0.25, -0.2) is 19.6 Å². The Hall–Kier alpha value is -5.66. The number of carbonyl (C=O) groups excluding carboxylic acids is 4. The minimum absolute atomic E-state index is 0.0434. The number of primary amides is 1. The van der Waals surface area contributed by atoms with Gasteiger partial charge in [0.25, 0.3) is 5.91 Å². The van der Waals surface area contributed by atoms with E-state index in [4.69, 9.17) is 20.2 Å². The Morgan fingerprint density at radius 1 is 0.778 bits per heavy atom. The van der Waals surface area contributed by atoms with E-state index in [1.807, 2.05) is 37.1 Å². The molecule has 4 heterocycles. The van der Waals surface area contributed by atoms with Crippen molar-refractivity contribution < 1.29 is 28.7 Å². The van der Waals surface area contributed by atoms with Crippen molar-refractivity contribution in [2.24, 2.45) is 17.6 Å². The van der Waals surface area contributed by atoms with E-state index in [0.29, 0.717) is 25.3 Å². The maximum atomic E-state index is 13.5. The smallest absolute Gasteiger partial charge is 0.407 e. The summed E-state index contributed by atoms with van der Waals surface area (Å²) in [5, 5.41) is 2.84. The van der Waals surface area contributed by atoms with E-state index >= 15 is 0 Å². The van der Waals surface area contributed by atoms with Gasteiger partial charge in [0.1, 0.15) is 11.6 Å². The summed E-state index contributed by atoms with van der Waals surface area (Å²) in [4.78, 5) is 69.9. The van der Waals surface area contributed by atoms with Crippen LogP contribution in [0.3, 0.4) is 0 Å². The largest absolute Gasteiger partial charge is 0.453 e. The monoisotopic (exact) mass is 736 g/mol. The van der Waals surface area contributed by atoms with Crippen molar-refractivity contribution in [1.29, 1.82) is 0 Å². The van der Waals surface area contributed by atoms with Crippen molar-refractivity contribution in [3.05, 3.63) is 72.6 Å². The summed E-state index contributed by atoms with van der Waals surface area (Å²) < 4.78 is 9.90. The molecule has 5 atom stereocenters. The predicted molar refractivity (Wildman–Crippen MR) is 200 cm³/mol. The molecule has 7 rings (SSSR count). The molecule has 4 aromatic rings. The first-order chi connectivity index (χ1) is 26.1. The fourth-order valence-electron chi connectivity index (χ4n) is 8.18. The number of ether oxygens (including phenoxy) is 2. The minimum Gasteiger partial charge on any atom is -0.453 e. The number of amides is 4. The third-order valence-electron chi connectivity index (χ3n) is 11.0. The Kier molecular flexibility index (Phi) is 10.7. The van der Waals surface area contributed by atoms with Gasteiger partial charge in [0.05, 0.1) is 43.0 Å². The first-order valence-corrected chi connectivity index (χ1v) is 18.8. The van der Waals surface area contributed by atoms with E-state index in [-0.39, 0.29) is 41.8 Å². The second-order valence-corrected chi connectivity index (χ2v) is 14.8. The number of alkyl carbamates (subject to hydrolysis) is 1. The van der Waals surface area contributed by atoms with Crippen LogP contribution in [-0.4, -0.2) is 86.1 Å². The van der Waals surface area contributed by atoms with Gasteiger partial charge in [0.2, 0.25) is 5.91 Å². The highest BCUT2D eigenvalue weighted by Gasteiger charge is 2.40. The highest BCUT2D eigenvalue weighted by atomic mass is 16.6. The average Bonchev–Trinajstić information content (AvgIpc) is 4.03. The maximum absolute atomic E-state index is 13.5. The van der Waals surface area contributed by atoms with Gasteiger partial charge < -0.3 is 40.3 Å². The predicted octanol–water partition coefficient (Wildman–Crippen LogP) is 6.11. The zero-order valence-corrected chi connectivity index (χ0v) is 30.9. The SMILES string of the molecule is COC(=O)N[C@H]1CC[C@@H](C(=O)N2CCC[C@H]2c2ncc(-c3ccc(-c4ccc(-c5cnc([C@@H]6CCCN6C(=O)[C@@H](OC(N)=O)C(C)C)[nH]5)cc4)cc3)[nH]2)C1. The quantitative estimate of drug-likeness (QED) is 0.150. The Balaban J connectivity index is 0.978. The van der Waals surface area contributed by atoms with Crippen molar-refractivity contribution in [2.45, 2.75) is 83.0 Å². The topological polar surface area (TPSA) is 189 Å². The first-order valence-electron chi connectivity index (χ1n) is 18.8. The number of nitrogens with two attached hydrogens (primary N) is 1. The number of nitrogens with one attached hydrogen (secondary N) is 3. The molecule has 2 aromatic heterocycles. The van der Waals surface area contributed by atoms with E-state index in [1.54, 1.807) is 11.1 Å². The lowest BCUT2D eigenvalue weighted by atomic mass is 10.0. The number of likely N-dealkylation sites (tertiary alicyclic amines) is 2. The van der Waals surface area contributed by atoms with Crippen LogP contribution in [0.25, 0.3) is 33.6 Å². The van der Waals surface area contributed by atoms with Gasteiger partial charge in [0, 0.05) is 25.0 Å². The fraction of sp³-hybridized carbons (Fsp3) is 0.450. The number of hydrogen-bond donors (Lipinski definition) is 4. The summed E-state index contributed by atoms with van der Waals surface area (Å²) in [7, 11) is 1.35. The van der Waals surface area contributed by atoms with Gasteiger partial charge in [-0.3, -0.25) is 9.59 Å². The normalized spacial score (nSPS) is 21.7. The molecule has 14 nitrogen and oxygen atoms in total. The van der Waals surface area contributed by atoms with Crippen LogP contribution in [0.4, 0.5) is 9.59 Å². The van der Waals surface area contributed by atoms with Gasteiger partial charge in [-0.05, 0) is 73.1 Å². The van der Waals surface area contributed by atoms with E-state index in [9.17, 15) is 19.2 Å². The second kappa shape index (κ2) is 15.7. The fourth-order valence-corrected chi connectivity index (χ4v) is 8.18. The molecule has 1 saturated carbocycles. The molecule has 0 unspecified atom stereocenters. The molecule has 4 amide bonds. The Bertz CT molecular complexity index is 1970. The second-order valence-electron chi connectivity index (χ2n) is 14.8. The number of methoxy groups -OCH3 is 1. The van der Waals surface area contributed by atoms with Gasteiger partial charge in [-0.2, -0.15) is 0 Å². The highest BCUT2D eigenvalue weighted by molar-refractivity contribution is 5.84. The summed E-state index contributed by atoms with van der Waals surface area (Å²) in [5.74, 6) is 1.04. The number of rotatable bonds is 10. The van der Waals surface area contributed by atoms with Crippen LogP contribution in [0.2, 0.25) is 0 Å². The molecule has 2 aromatic carbocycles. The van der Waals surface area contributed by atoms with Crippen LogP contribution in [0, 0.1) is 11.8 Å². The zero-order chi connectivity index (χ0) is 37.9. The van der Waals surface area contributed by atoms with Crippen LogP contribution >= 0.6 is 0 Å². The van der Waals surface area contributed by atoms with Crippen LogP contribution in [0.15, 0.2) is 60.9 Å². The van der Waals surface area contributed by atoms with Gasteiger partial charge >= 0.3 is 12.2 Å². The molecule has 54 heavy (non-hydrogen) atoms. The van der Waals surface area contributed by atoms with Crippen molar-refractivity contribution in [2.75, 3.05) is 20.2 Å². The molecule has 3 aliphatic rings. The number of nitrogens with zero attached hydrogens (tertiary/aromatic N) is 4. The number of aromatic amines is 2. The molecule has 2 saturated heterocycles. The van der Waals surface area contributed by atoms with E-state index < -0.39 is 18.3 Å². The summed E-state index contributed by atoms with van der Waals surface area (Å²) in [6.45, 7) is 4.91. The van der Waals surface area contributed by atoms with Crippen molar-refractivity contribution >= 4 is 24.0 Å². The third kappa shape index (κ3) is 7.68. The summed E-state index contributed by atoms with van der Waals surface area (Å²) in [6.07, 6.45) is 6.77. The molecule has 2 aliphatic heterocycles. The number of imidazole rings is 2. The molecule has 284 valence electrons. The molecular weight excluding hydrogens is 688 g/mol. The minimum atomic E-state index is -0.960. The lowest BCUT2D eigenvalue weighted by molar-refractivity contribution is -0.143. The van der Waals surface area contributed by atoms with Crippen molar-refractivity contribution in [3.63, 3.8) is 0 Å². The van der Waals surface area contributed by atoms with Crippen LogP contribution in [0.1, 0.15) is 82.5 Å². The Labute approximate surface area is 314 Å². The van der Waals surface area contributed by atoms with E-state index in [0.717, 1.165) is 78.0 Å². The summed E-state index contributed by atoms with van der Waals surface area (Å²) >= 11 is 0. The molecule has 3 fully saturated rings. The van der Waals surface area contributed by atoms with Crippen molar-refractivity contribution in [1.82, 2.24) is 35.1 Å². The van der Waals surface area contributed by atoms with Gasteiger partial charge in [-0.15, -0.1) is 0 Å². The summed E-state index contributed by atoms with van der Waals surface area (Å²) in [5.41, 5.74) is 11.1. The molecule has 0 spiro atoms. The van der Waals surface area contributed by atoms with E-state index in [1.165, 1.54) is 7.11 Å². The van der Waals surface area contributed by atoms with Crippen LogP contribution in [0.5, 0.6) is 0 Å². The average molecular weight is 737 g/mol. The molecule has 0 radical (unpaired) electrons. The lowest BCUT2D eigenvalue weighted by Gasteiger charge is -2.29. The number of carbonyl (C=O) groups is 4. The number of hydrogen-bond acceptors (Lipinski definition) is 8.